The molecule has 0 aromatic heterocycles. The third kappa shape index (κ3) is 4.06. The molecule has 0 fully saturated rings. The predicted molar refractivity (Wildman–Crippen MR) is 77.1 cm³/mol. The van der Waals surface area contributed by atoms with Crippen LogP contribution in [-0.2, 0) is 6.54 Å². The van der Waals surface area contributed by atoms with E-state index in [9.17, 15) is 18.3 Å². The van der Waals surface area contributed by atoms with Crippen molar-refractivity contribution >= 4 is 15.9 Å². The van der Waals surface area contributed by atoms with Crippen LogP contribution in [0.1, 0.15) is 17.2 Å². The number of rotatable bonds is 5. The third-order valence-electron chi connectivity index (χ3n) is 2.99. The van der Waals surface area contributed by atoms with E-state index in [4.69, 9.17) is 0 Å². The van der Waals surface area contributed by atoms with Crippen molar-refractivity contribution < 1.29 is 18.3 Å². The Balaban J connectivity index is 1.98. The standard InChI is InChI=1S/C15H13BrF3NO/c16-11-5-4-10(17)6-9(11)7-20-8-14(21)15-12(18)2-1-3-13(15)19/h1-6,14,20-21H,7-8H2. The third-order valence-corrected chi connectivity index (χ3v) is 3.77. The highest BCUT2D eigenvalue weighted by Crippen LogP contribution is 2.21. The lowest BCUT2D eigenvalue weighted by Gasteiger charge is -2.14. The fraction of sp³-hybridized carbons (Fsp3) is 0.200. The van der Waals surface area contributed by atoms with Crippen LogP contribution in [0.25, 0.3) is 0 Å². The van der Waals surface area contributed by atoms with Crippen LogP contribution in [0.4, 0.5) is 13.2 Å². The molecule has 0 aliphatic heterocycles. The molecule has 2 rings (SSSR count). The van der Waals surface area contributed by atoms with Crippen molar-refractivity contribution in [2.45, 2.75) is 12.6 Å². The van der Waals surface area contributed by atoms with Crippen LogP contribution in [-0.4, -0.2) is 11.7 Å². The molecule has 0 radical (unpaired) electrons. The number of benzene rings is 2. The summed E-state index contributed by atoms with van der Waals surface area (Å²) in [4.78, 5) is 0. The number of hydrogen-bond acceptors (Lipinski definition) is 2. The van der Waals surface area contributed by atoms with E-state index in [2.05, 4.69) is 21.2 Å². The molecule has 21 heavy (non-hydrogen) atoms. The van der Waals surface area contributed by atoms with E-state index < -0.39 is 17.7 Å². The van der Waals surface area contributed by atoms with Crippen LogP contribution in [0.2, 0.25) is 0 Å². The molecule has 112 valence electrons. The van der Waals surface area contributed by atoms with Gasteiger partial charge >= 0.3 is 0 Å². The molecular formula is C15H13BrF3NO. The predicted octanol–water partition coefficient (Wildman–Crippen LogP) is 3.69. The van der Waals surface area contributed by atoms with Crippen LogP contribution in [0.15, 0.2) is 40.9 Å². The molecule has 6 heteroatoms. The molecule has 0 saturated carbocycles. The Bertz CT molecular complexity index is 616. The number of hydrogen-bond donors (Lipinski definition) is 2. The minimum absolute atomic E-state index is 0.0548. The van der Waals surface area contributed by atoms with Crippen LogP contribution in [0.5, 0.6) is 0 Å². The number of aliphatic hydroxyl groups excluding tert-OH is 1. The van der Waals surface area contributed by atoms with Gasteiger partial charge in [0, 0.05) is 17.6 Å². The summed E-state index contributed by atoms with van der Waals surface area (Å²) in [5, 5.41) is 12.7. The Kier molecular flexibility index (Phi) is 5.39. The Hall–Kier alpha value is -1.37. The first kappa shape index (κ1) is 16.0. The Morgan fingerprint density at radius 2 is 1.76 bits per heavy atom. The Labute approximate surface area is 128 Å². The highest BCUT2D eigenvalue weighted by atomic mass is 79.9. The number of aliphatic hydroxyl groups is 1. The van der Waals surface area contributed by atoms with Crippen LogP contribution in [0, 0.1) is 17.5 Å². The highest BCUT2D eigenvalue weighted by molar-refractivity contribution is 9.10. The Morgan fingerprint density at radius 3 is 2.43 bits per heavy atom. The van der Waals surface area contributed by atoms with Gasteiger partial charge in [-0.1, -0.05) is 22.0 Å². The van der Waals surface area contributed by atoms with Crippen molar-refractivity contribution in [3.05, 3.63) is 69.4 Å². The quantitative estimate of drug-likeness (QED) is 0.853. The van der Waals surface area contributed by atoms with Crippen molar-refractivity contribution in [2.24, 2.45) is 0 Å². The lowest BCUT2D eigenvalue weighted by Crippen LogP contribution is -2.22. The molecule has 2 aromatic carbocycles. The molecule has 0 saturated heterocycles. The van der Waals surface area contributed by atoms with Gasteiger partial charge in [-0.3, -0.25) is 0 Å². The summed E-state index contributed by atoms with van der Waals surface area (Å²) in [5.74, 6) is -1.97. The molecule has 0 aliphatic rings. The zero-order valence-electron chi connectivity index (χ0n) is 10.9. The molecule has 0 heterocycles. The summed E-state index contributed by atoms with van der Waals surface area (Å²) in [7, 11) is 0. The van der Waals surface area contributed by atoms with E-state index in [1.165, 1.54) is 18.2 Å². The maximum atomic E-state index is 13.5. The van der Waals surface area contributed by atoms with Gasteiger partial charge < -0.3 is 10.4 Å². The zero-order chi connectivity index (χ0) is 15.4. The van der Waals surface area contributed by atoms with Crippen LogP contribution >= 0.6 is 15.9 Å². The Morgan fingerprint density at radius 1 is 1.10 bits per heavy atom. The summed E-state index contributed by atoms with van der Waals surface area (Å²) in [6, 6.07) is 7.64. The second kappa shape index (κ2) is 7.06. The van der Waals surface area contributed by atoms with Gasteiger partial charge in [0.1, 0.15) is 17.5 Å². The average Bonchev–Trinajstić information content (AvgIpc) is 2.42. The van der Waals surface area contributed by atoms with Gasteiger partial charge in [-0.2, -0.15) is 0 Å². The fourth-order valence-electron chi connectivity index (χ4n) is 1.95. The smallest absolute Gasteiger partial charge is 0.131 e. The highest BCUT2D eigenvalue weighted by Gasteiger charge is 2.17. The van der Waals surface area contributed by atoms with E-state index >= 15 is 0 Å². The van der Waals surface area contributed by atoms with Gasteiger partial charge in [-0.25, -0.2) is 13.2 Å². The summed E-state index contributed by atoms with van der Waals surface area (Å²) in [5.41, 5.74) is 0.277. The van der Waals surface area contributed by atoms with Gasteiger partial charge in [0.05, 0.1) is 11.7 Å². The minimum atomic E-state index is -1.32. The van der Waals surface area contributed by atoms with Crippen LogP contribution < -0.4 is 5.32 Å². The van der Waals surface area contributed by atoms with Crippen molar-refractivity contribution in [1.29, 1.82) is 0 Å². The maximum Gasteiger partial charge on any atom is 0.131 e. The van der Waals surface area contributed by atoms with E-state index in [0.717, 1.165) is 12.1 Å². The molecular weight excluding hydrogens is 347 g/mol. The van der Waals surface area contributed by atoms with Crippen molar-refractivity contribution in [1.82, 2.24) is 5.32 Å². The van der Waals surface area contributed by atoms with E-state index in [0.29, 0.717) is 10.0 Å². The molecule has 0 spiro atoms. The van der Waals surface area contributed by atoms with Gasteiger partial charge in [0.15, 0.2) is 0 Å². The second-order valence-electron chi connectivity index (χ2n) is 4.52. The average molecular weight is 360 g/mol. The first-order chi connectivity index (χ1) is 9.99. The van der Waals surface area contributed by atoms with E-state index in [1.807, 2.05) is 0 Å². The largest absolute Gasteiger partial charge is 0.387 e. The monoisotopic (exact) mass is 359 g/mol. The van der Waals surface area contributed by atoms with E-state index in [-0.39, 0.29) is 24.5 Å². The molecule has 0 bridgehead atoms. The molecule has 2 N–H and O–H groups in total. The van der Waals surface area contributed by atoms with Crippen molar-refractivity contribution in [3.8, 4) is 0 Å². The van der Waals surface area contributed by atoms with Gasteiger partial charge in [0.2, 0.25) is 0 Å². The van der Waals surface area contributed by atoms with Crippen molar-refractivity contribution in [3.63, 3.8) is 0 Å². The molecule has 0 amide bonds. The molecule has 2 nitrogen and oxygen atoms in total. The zero-order valence-corrected chi connectivity index (χ0v) is 12.5. The lowest BCUT2D eigenvalue weighted by molar-refractivity contribution is 0.164. The normalized spacial score (nSPS) is 12.4. The van der Waals surface area contributed by atoms with Crippen molar-refractivity contribution in [2.75, 3.05) is 6.54 Å². The van der Waals surface area contributed by atoms with Crippen LogP contribution in [0.3, 0.4) is 0 Å². The first-order valence-electron chi connectivity index (χ1n) is 6.25. The van der Waals surface area contributed by atoms with Gasteiger partial charge in [0.25, 0.3) is 0 Å². The fourth-order valence-corrected chi connectivity index (χ4v) is 2.34. The van der Waals surface area contributed by atoms with E-state index in [1.54, 1.807) is 6.07 Å². The summed E-state index contributed by atoms with van der Waals surface area (Å²) < 4.78 is 40.8. The van der Waals surface area contributed by atoms with Gasteiger partial charge in [-0.15, -0.1) is 0 Å². The topological polar surface area (TPSA) is 32.3 Å². The minimum Gasteiger partial charge on any atom is -0.387 e. The number of halogens is 4. The maximum absolute atomic E-state index is 13.5. The summed E-state index contributed by atoms with van der Waals surface area (Å²) in [6.07, 6.45) is -1.32. The lowest BCUT2D eigenvalue weighted by atomic mass is 10.1. The number of nitrogens with one attached hydrogen (secondary N) is 1. The first-order valence-corrected chi connectivity index (χ1v) is 7.05. The SMILES string of the molecule is OC(CNCc1cc(F)ccc1Br)c1c(F)cccc1F. The van der Waals surface area contributed by atoms with Gasteiger partial charge in [-0.05, 0) is 35.9 Å². The molecule has 1 atom stereocenters. The molecule has 1 unspecified atom stereocenters. The molecule has 2 aromatic rings. The second-order valence-corrected chi connectivity index (χ2v) is 5.37. The summed E-state index contributed by atoms with van der Waals surface area (Å²) >= 11 is 3.28. The summed E-state index contributed by atoms with van der Waals surface area (Å²) in [6.45, 7) is 0.201. The molecule has 0 aliphatic carbocycles.